The number of nitrogens with zero attached hydrogens (tertiary/aromatic N) is 1. The fraction of sp³-hybridized carbons (Fsp3) is 0.136. The van der Waals surface area contributed by atoms with E-state index < -0.39 is 0 Å². The molecule has 0 aliphatic rings. The van der Waals surface area contributed by atoms with E-state index in [0.29, 0.717) is 34.7 Å². The molecule has 0 aromatic heterocycles. The minimum atomic E-state index is 0.422. The second-order valence-electron chi connectivity index (χ2n) is 6.10. The van der Waals surface area contributed by atoms with Crippen molar-refractivity contribution >= 4 is 45.3 Å². The molecule has 0 saturated heterocycles. The summed E-state index contributed by atoms with van der Waals surface area (Å²) < 4.78 is 12.2. The summed E-state index contributed by atoms with van der Waals surface area (Å²) in [6, 6.07) is 19.1. The topological polar surface area (TPSA) is 42.8 Å². The summed E-state index contributed by atoms with van der Waals surface area (Å²) in [5.41, 5.74) is 5.69. The van der Waals surface area contributed by atoms with Gasteiger partial charge in [-0.15, -0.1) is 0 Å². The monoisotopic (exact) mass is 492 g/mol. The summed E-state index contributed by atoms with van der Waals surface area (Å²) in [5.74, 6) is 1.26. The second-order valence-corrected chi connectivity index (χ2v) is 7.77. The Morgan fingerprint density at radius 3 is 2.45 bits per heavy atom. The lowest BCUT2D eigenvalue weighted by molar-refractivity contribution is 0.282. The number of hydrogen-bond donors (Lipinski definition) is 1. The lowest BCUT2D eigenvalue weighted by atomic mass is 10.2. The highest BCUT2D eigenvalue weighted by atomic mass is 79.9. The fourth-order valence-electron chi connectivity index (χ4n) is 2.63. The van der Waals surface area contributed by atoms with Crippen molar-refractivity contribution in [3.8, 4) is 11.5 Å². The van der Waals surface area contributed by atoms with Gasteiger partial charge in [-0.1, -0.05) is 59.6 Å². The number of ether oxygens (including phenoxy) is 2. The van der Waals surface area contributed by atoms with Gasteiger partial charge in [0.25, 0.3) is 0 Å². The molecule has 0 amide bonds. The molecule has 3 aromatic rings. The van der Waals surface area contributed by atoms with Crippen LogP contribution in [0.4, 0.5) is 0 Å². The van der Waals surface area contributed by atoms with Crippen molar-refractivity contribution in [3.05, 3.63) is 91.9 Å². The van der Waals surface area contributed by atoms with Gasteiger partial charge in [0, 0.05) is 15.6 Å². The minimum Gasteiger partial charge on any atom is -0.493 e. The summed E-state index contributed by atoms with van der Waals surface area (Å²) in [5, 5.41) is 5.45. The highest BCUT2D eigenvalue weighted by molar-refractivity contribution is 9.10. The van der Waals surface area contributed by atoms with E-state index in [2.05, 4.69) is 26.5 Å². The first kappa shape index (κ1) is 21.5. The number of benzene rings is 3. The van der Waals surface area contributed by atoms with Gasteiger partial charge in [0.2, 0.25) is 0 Å². The van der Waals surface area contributed by atoms with E-state index in [9.17, 15) is 0 Å². The predicted octanol–water partition coefficient (Wildman–Crippen LogP) is 6.47. The van der Waals surface area contributed by atoms with Gasteiger partial charge in [-0.25, -0.2) is 0 Å². The van der Waals surface area contributed by atoms with Crippen LogP contribution in [0.1, 0.15) is 16.7 Å². The molecule has 4 nitrogen and oxygen atoms in total. The SMILES string of the molecule is COc1cc(/C=N/NCc2c(Cl)cccc2Cl)cc(Br)c1OCc1ccccc1. The molecule has 0 atom stereocenters. The van der Waals surface area contributed by atoms with Crippen LogP contribution in [0.25, 0.3) is 0 Å². The highest BCUT2D eigenvalue weighted by Gasteiger charge is 2.11. The third kappa shape index (κ3) is 5.89. The normalized spacial score (nSPS) is 10.9. The number of nitrogens with one attached hydrogen (secondary N) is 1. The van der Waals surface area contributed by atoms with Gasteiger partial charge in [-0.2, -0.15) is 5.10 Å². The van der Waals surface area contributed by atoms with Crippen LogP contribution in [0, 0.1) is 0 Å². The standard InChI is InChI=1S/C22H19BrCl2N2O2/c1-28-21-11-16(12-26-27-13-17-19(24)8-5-9-20(17)25)10-18(23)22(21)29-14-15-6-3-2-4-7-15/h2-12,27H,13-14H2,1H3/b26-12+. The predicted molar refractivity (Wildman–Crippen MR) is 122 cm³/mol. The Hall–Kier alpha value is -2.21. The zero-order chi connectivity index (χ0) is 20.6. The van der Waals surface area contributed by atoms with Gasteiger partial charge < -0.3 is 14.9 Å². The Labute approximate surface area is 188 Å². The number of hydrogen-bond acceptors (Lipinski definition) is 4. The van der Waals surface area contributed by atoms with Gasteiger partial charge in [0.1, 0.15) is 6.61 Å². The third-order valence-corrected chi connectivity index (χ3v) is 5.40. The lowest BCUT2D eigenvalue weighted by Gasteiger charge is -2.13. The van der Waals surface area contributed by atoms with E-state index in [0.717, 1.165) is 21.2 Å². The van der Waals surface area contributed by atoms with Crippen LogP contribution in [0.3, 0.4) is 0 Å². The molecule has 29 heavy (non-hydrogen) atoms. The molecule has 0 saturated carbocycles. The van der Waals surface area contributed by atoms with E-state index in [1.807, 2.05) is 48.5 Å². The fourth-order valence-corrected chi connectivity index (χ4v) is 3.74. The van der Waals surface area contributed by atoms with Crippen molar-refractivity contribution in [1.82, 2.24) is 5.43 Å². The smallest absolute Gasteiger partial charge is 0.175 e. The Morgan fingerprint density at radius 2 is 1.76 bits per heavy atom. The maximum absolute atomic E-state index is 6.16. The Balaban J connectivity index is 1.67. The molecule has 0 fully saturated rings. The van der Waals surface area contributed by atoms with Crippen molar-refractivity contribution in [2.45, 2.75) is 13.2 Å². The van der Waals surface area contributed by atoms with Crippen LogP contribution < -0.4 is 14.9 Å². The van der Waals surface area contributed by atoms with Gasteiger partial charge in [-0.05, 0) is 51.3 Å². The first-order valence-corrected chi connectivity index (χ1v) is 10.4. The van der Waals surface area contributed by atoms with E-state index in [1.165, 1.54) is 0 Å². The van der Waals surface area contributed by atoms with Crippen LogP contribution >= 0.6 is 39.1 Å². The average molecular weight is 494 g/mol. The Kier molecular flexibility index (Phi) is 7.81. The molecule has 0 heterocycles. The molecule has 3 rings (SSSR count). The molecular formula is C22H19BrCl2N2O2. The van der Waals surface area contributed by atoms with E-state index in [4.69, 9.17) is 32.7 Å². The minimum absolute atomic E-state index is 0.422. The van der Waals surface area contributed by atoms with Gasteiger partial charge in [-0.3, -0.25) is 0 Å². The molecule has 0 bridgehead atoms. The molecule has 0 radical (unpaired) electrons. The van der Waals surface area contributed by atoms with Crippen LogP contribution in [0.15, 0.2) is 70.2 Å². The first-order valence-electron chi connectivity index (χ1n) is 8.81. The Morgan fingerprint density at radius 1 is 1.03 bits per heavy atom. The van der Waals surface area contributed by atoms with E-state index >= 15 is 0 Å². The highest BCUT2D eigenvalue weighted by Crippen LogP contribution is 2.36. The summed E-state index contributed by atoms with van der Waals surface area (Å²) in [7, 11) is 1.61. The average Bonchev–Trinajstić information content (AvgIpc) is 2.72. The number of rotatable bonds is 8. The van der Waals surface area contributed by atoms with Crippen molar-refractivity contribution in [3.63, 3.8) is 0 Å². The van der Waals surface area contributed by atoms with E-state index in [-0.39, 0.29) is 0 Å². The maximum Gasteiger partial charge on any atom is 0.175 e. The third-order valence-electron chi connectivity index (χ3n) is 4.10. The van der Waals surface area contributed by atoms with Crippen LogP contribution in [0.2, 0.25) is 10.0 Å². The molecule has 1 N–H and O–H groups in total. The van der Waals surface area contributed by atoms with Crippen LogP contribution in [0.5, 0.6) is 11.5 Å². The molecule has 7 heteroatoms. The van der Waals surface area contributed by atoms with Crippen molar-refractivity contribution in [2.24, 2.45) is 5.10 Å². The van der Waals surface area contributed by atoms with Gasteiger partial charge >= 0.3 is 0 Å². The molecule has 0 aliphatic carbocycles. The van der Waals surface area contributed by atoms with E-state index in [1.54, 1.807) is 25.5 Å². The number of halogens is 3. The molecule has 0 aliphatic heterocycles. The second kappa shape index (κ2) is 10.5. The summed E-state index contributed by atoms with van der Waals surface area (Å²) >= 11 is 15.9. The zero-order valence-corrected chi connectivity index (χ0v) is 18.8. The molecule has 3 aromatic carbocycles. The van der Waals surface area contributed by atoms with Gasteiger partial charge in [0.15, 0.2) is 11.5 Å². The quantitative estimate of drug-likeness (QED) is 0.289. The van der Waals surface area contributed by atoms with Crippen molar-refractivity contribution in [1.29, 1.82) is 0 Å². The van der Waals surface area contributed by atoms with Gasteiger partial charge in [0.05, 0.1) is 24.3 Å². The molecule has 150 valence electrons. The van der Waals surface area contributed by atoms with Crippen LogP contribution in [-0.4, -0.2) is 13.3 Å². The summed E-state index contributed by atoms with van der Waals surface area (Å²) in [4.78, 5) is 0. The lowest BCUT2D eigenvalue weighted by Crippen LogP contribution is -2.07. The van der Waals surface area contributed by atoms with Crippen LogP contribution in [-0.2, 0) is 13.2 Å². The Bertz CT molecular complexity index is 977. The maximum atomic E-state index is 6.16. The molecular weight excluding hydrogens is 475 g/mol. The first-order chi connectivity index (χ1) is 14.1. The largest absolute Gasteiger partial charge is 0.493 e. The van der Waals surface area contributed by atoms with Crippen molar-refractivity contribution < 1.29 is 9.47 Å². The summed E-state index contributed by atoms with van der Waals surface area (Å²) in [6.07, 6.45) is 1.69. The molecule has 0 unspecified atom stereocenters. The zero-order valence-electron chi connectivity index (χ0n) is 15.7. The van der Waals surface area contributed by atoms with Crippen molar-refractivity contribution in [2.75, 3.05) is 7.11 Å². The number of methoxy groups -OCH3 is 1. The summed E-state index contributed by atoms with van der Waals surface area (Å²) in [6.45, 7) is 0.870. The number of hydrazone groups is 1. The molecule has 0 spiro atoms.